The zero-order valence-electron chi connectivity index (χ0n) is 9.51. The minimum absolute atomic E-state index is 0.147. The van der Waals surface area contributed by atoms with Crippen molar-refractivity contribution in [2.45, 2.75) is 25.1 Å². The number of hydrogen-bond donors (Lipinski definition) is 2. The molecule has 3 rings (SSSR count). The summed E-state index contributed by atoms with van der Waals surface area (Å²) in [4.78, 5) is 6.78. The van der Waals surface area contributed by atoms with Crippen molar-refractivity contribution < 1.29 is 13.2 Å². The van der Waals surface area contributed by atoms with E-state index in [2.05, 4.69) is 15.3 Å². The molecule has 1 aliphatic heterocycles. The van der Waals surface area contributed by atoms with E-state index in [1.807, 2.05) is 0 Å². The molecule has 0 bridgehead atoms. The van der Waals surface area contributed by atoms with Crippen molar-refractivity contribution in [2.24, 2.45) is 0 Å². The highest BCUT2D eigenvalue weighted by atomic mass is 19.4. The highest BCUT2D eigenvalue weighted by Crippen LogP contribution is 2.40. The van der Waals surface area contributed by atoms with Crippen molar-refractivity contribution in [3.8, 4) is 0 Å². The summed E-state index contributed by atoms with van der Waals surface area (Å²) in [5, 5.41) is 3.24. The van der Waals surface area contributed by atoms with E-state index >= 15 is 0 Å². The quantitative estimate of drug-likeness (QED) is 0.822. The molecule has 1 saturated heterocycles. The van der Waals surface area contributed by atoms with Crippen molar-refractivity contribution in [3.63, 3.8) is 0 Å². The Hall–Kier alpha value is -1.56. The van der Waals surface area contributed by atoms with Gasteiger partial charge >= 0.3 is 6.18 Å². The van der Waals surface area contributed by atoms with Crippen LogP contribution in [0.4, 0.5) is 13.2 Å². The highest BCUT2D eigenvalue weighted by molar-refractivity contribution is 5.81. The van der Waals surface area contributed by atoms with Gasteiger partial charge in [-0.1, -0.05) is 0 Å². The van der Waals surface area contributed by atoms with Gasteiger partial charge in [-0.05, 0) is 25.5 Å². The Balaban J connectivity index is 2.23. The van der Waals surface area contributed by atoms with E-state index in [0.717, 1.165) is 19.4 Å². The van der Waals surface area contributed by atoms with Gasteiger partial charge in [-0.15, -0.1) is 0 Å². The van der Waals surface area contributed by atoms with Crippen molar-refractivity contribution >= 4 is 11.0 Å². The Morgan fingerprint density at radius 3 is 2.83 bits per heavy atom. The van der Waals surface area contributed by atoms with Crippen molar-refractivity contribution in [2.75, 3.05) is 6.54 Å². The first-order valence-corrected chi connectivity index (χ1v) is 5.84. The fourth-order valence-electron chi connectivity index (χ4n) is 2.55. The molecule has 2 N–H and O–H groups in total. The van der Waals surface area contributed by atoms with Crippen LogP contribution in [0.1, 0.15) is 30.0 Å². The van der Waals surface area contributed by atoms with Crippen LogP contribution in [0.15, 0.2) is 18.5 Å². The molecule has 96 valence electrons. The third-order valence-electron chi connectivity index (χ3n) is 3.34. The number of aromatic amines is 1. The molecule has 0 spiro atoms. The number of alkyl halides is 3. The molecule has 1 fully saturated rings. The van der Waals surface area contributed by atoms with E-state index in [9.17, 15) is 13.2 Å². The first kappa shape index (κ1) is 11.5. The number of H-pyrrole nitrogens is 1. The minimum atomic E-state index is -4.36. The monoisotopic (exact) mass is 255 g/mol. The van der Waals surface area contributed by atoms with Crippen LogP contribution in [-0.2, 0) is 6.18 Å². The molecule has 18 heavy (non-hydrogen) atoms. The number of pyridine rings is 1. The molecule has 0 aromatic carbocycles. The van der Waals surface area contributed by atoms with Crippen LogP contribution >= 0.6 is 0 Å². The normalized spacial score (nSPS) is 20.7. The van der Waals surface area contributed by atoms with Gasteiger partial charge in [-0.2, -0.15) is 13.2 Å². The SMILES string of the molecule is FC(F)(F)c1c([C@@H]2CCCN2)cnc2[nH]ccc12. The first-order valence-electron chi connectivity index (χ1n) is 5.84. The van der Waals surface area contributed by atoms with Gasteiger partial charge < -0.3 is 10.3 Å². The van der Waals surface area contributed by atoms with Crippen LogP contribution in [0.25, 0.3) is 11.0 Å². The average Bonchev–Trinajstić information content (AvgIpc) is 2.97. The average molecular weight is 255 g/mol. The van der Waals surface area contributed by atoms with Gasteiger partial charge in [0.2, 0.25) is 0 Å². The van der Waals surface area contributed by atoms with Crippen LogP contribution < -0.4 is 5.32 Å². The minimum Gasteiger partial charge on any atom is -0.346 e. The lowest BCUT2D eigenvalue weighted by Gasteiger charge is -2.18. The topological polar surface area (TPSA) is 40.7 Å². The predicted octanol–water partition coefficient (Wildman–Crippen LogP) is 3.01. The third-order valence-corrected chi connectivity index (χ3v) is 3.34. The van der Waals surface area contributed by atoms with Gasteiger partial charge in [0.05, 0.1) is 5.56 Å². The summed E-state index contributed by atoms with van der Waals surface area (Å²) >= 11 is 0. The number of halogens is 3. The van der Waals surface area contributed by atoms with Crippen LogP contribution in [0.2, 0.25) is 0 Å². The smallest absolute Gasteiger partial charge is 0.346 e. The van der Waals surface area contributed by atoms with E-state index in [0.29, 0.717) is 0 Å². The van der Waals surface area contributed by atoms with Gasteiger partial charge in [-0.3, -0.25) is 0 Å². The Morgan fingerprint density at radius 2 is 2.17 bits per heavy atom. The fourth-order valence-corrected chi connectivity index (χ4v) is 2.55. The highest BCUT2D eigenvalue weighted by Gasteiger charge is 2.38. The summed E-state index contributed by atoms with van der Waals surface area (Å²) < 4.78 is 39.7. The lowest BCUT2D eigenvalue weighted by Crippen LogP contribution is -2.19. The standard InChI is InChI=1S/C12H12F3N3/c13-12(14,15)10-7-3-5-17-11(7)18-6-8(10)9-2-1-4-16-9/h3,5-6,9,16H,1-2,4H2,(H,17,18)/t9-/m0/s1. The summed E-state index contributed by atoms with van der Waals surface area (Å²) in [7, 11) is 0. The number of nitrogens with one attached hydrogen (secondary N) is 2. The van der Waals surface area contributed by atoms with E-state index in [-0.39, 0.29) is 22.6 Å². The maximum Gasteiger partial charge on any atom is 0.417 e. The van der Waals surface area contributed by atoms with Gasteiger partial charge in [0.1, 0.15) is 5.65 Å². The van der Waals surface area contributed by atoms with Gasteiger partial charge in [0.15, 0.2) is 0 Å². The molecule has 0 aliphatic carbocycles. The molecule has 0 amide bonds. The number of fused-ring (bicyclic) bond motifs is 1. The Labute approximate surface area is 101 Å². The van der Waals surface area contributed by atoms with E-state index in [4.69, 9.17) is 0 Å². The van der Waals surface area contributed by atoms with Gasteiger partial charge in [0.25, 0.3) is 0 Å². The Kier molecular flexibility index (Phi) is 2.55. The predicted molar refractivity (Wildman–Crippen MR) is 61.1 cm³/mol. The molecule has 2 aromatic heterocycles. The molecule has 1 atom stereocenters. The van der Waals surface area contributed by atoms with Crippen LogP contribution in [0, 0.1) is 0 Å². The molecule has 0 saturated carbocycles. The maximum absolute atomic E-state index is 13.2. The van der Waals surface area contributed by atoms with Crippen molar-refractivity contribution in [3.05, 3.63) is 29.6 Å². The molecule has 1 aliphatic rings. The van der Waals surface area contributed by atoms with Crippen molar-refractivity contribution in [1.29, 1.82) is 0 Å². The number of hydrogen-bond acceptors (Lipinski definition) is 2. The number of nitrogens with zero attached hydrogens (tertiary/aromatic N) is 1. The second-order valence-electron chi connectivity index (χ2n) is 4.48. The largest absolute Gasteiger partial charge is 0.417 e. The molecule has 0 unspecified atom stereocenters. The van der Waals surface area contributed by atoms with Crippen LogP contribution in [0.3, 0.4) is 0 Å². The summed E-state index contributed by atoms with van der Waals surface area (Å²) in [5.41, 5.74) is -0.0238. The van der Waals surface area contributed by atoms with Gasteiger partial charge in [-0.25, -0.2) is 4.98 Å². The molecule has 2 aromatic rings. The third kappa shape index (κ3) is 1.77. The molecular formula is C12H12F3N3. The lowest BCUT2D eigenvalue weighted by atomic mass is 9.98. The first-order chi connectivity index (χ1) is 8.57. The Bertz CT molecular complexity index is 567. The maximum atomic E-state index is 13.2. The Morgan fingerprint density at radius 1 is 1.33 bits per heavy atom. The van der Waals surface area contributed by atoms with Crippen molar-refractivity contribution in [1.82, 2.24) is 15.3 Å². The van der Waals surface area contributed by atoms with Crippen LogP contribution in [-0.4, -0.2) is 16.5 Å². The molecule has 3 nitrogen and oxygen atoms in total. The molecule has 6 heteroatoms. The summed E-state index contributed by atoms with van der Waals surface area (Å²) in [5.74, 6) is 0. The zero-order chi connectivity index (χ0) is 12.8. The molecular weight excluding hydrogens is 243 g/mol. The summed E-state index contributed by atoms with van der Waals surface area (Å²) in [6.07, 6.45) is 0.0836. The van der Waals surface area contributed by atoms with Crippen LogP contribution in [0.5, 0.6) is 0 Å². The molecule has 3 heterocycles. The second-order valence-corrected chi connectivity index (χ2v) is 4.48. The summed E-state index contributed by atoms with van der Waals surface area (Å²) in [6.45, 7) is 0.757. The van der Waals surface area contributed by atoms with Gasteiger partial charge in [0, 0.05) is 29.4 Å². The molecule has 0 radical (unpaired) electrons. The zero-order valence-corrected chi connectivity index (χ0v) is 9.51. The fraction of sp³-hybridized carbons (Fsp3) is 0.417. The second kappa shape index (κ2) is 3.98. The number of rotatable bonds is 1. The number of aromatic nitrogens is 2. The van der Waals surface area contributed by atoms with E-state index in [1.54, 1.807) is 0 Å². The summed E-state index contributed by atoms with van der Waals surface area (Å²) in [6, 6.07) is 1.19. The van der Waals surface area contributed by atoms with E-state index in [1.165, 1.54) is 18.5 Å². The lowest BCUT2D eigenvalue weighted by molar-refractivity contribution is -0.137. The van der Waals surface area contributed by atoms with E-state index < -0.39 is 11.7 Å².